The normalized spacial score (nSPS) is 22.9. The van der Waals surface area contributed by atoms with E-state index in [1.54, 1.807) is 13.0 Å². The number of hydrogen-bond acceptors (Lipinski definition) is 3. The topological polar surface area (TPSA) is 62.5 Å². The van der Waals surface area contributed by atoms with Crippen molar-refractivity contribution in [2.24, 2.45) is 11.8 Å². The van der Waals surface area contributed by atoms with Crippen molar-refractivity contribution in [1.82, 2.24) is 5.32 Å². The van der Waals surface area contributed by atoms with Crippen LogP contribution in [0.4, 0.5) is 0 Å². The lowest BCUT2D eigenvalue weighted by Crippen LogP contribution is -2.20. The Morgan fingerprint density at radius 1 is 1.50 bits per heavy atom. The van der Waals surface area contributed by atoms with E-state index in [1.807, 2.05) is 0 Å². The van der Waals surface area contributed by atoms with Crippen LogP contribution in [0.2, 0.25) is 0 Å². The van der Waals surface area contributed by atoms with Gasteiger partial charge < -0.3 is 14.8 Å². The number of aromatic carboxylic acids is 1. The van der Waals surface area contributed by atoms with Gasteiger partial charge in [-0.2, -0.15) is 0 Å². The maximum Gasteiger partial charge on any atom is 0.339 e. The van der Waals surface area contributed by atoms with Crippen LogP contribution in [0, 0.1) is 18.8 Å². The molecule has 1 aromatic rings. The Labute approximate surface area is 120 Å². The van der Waals surface area contributed by atoms with Crippen molar-refractivity contribution < 1.29 is 14.3 Å². The molecule has 2 N–H and O–H groups in total. The maximum atomic E-state index is 10.9. The number of furan rings is 1. The fourth-order valence-corrected chi connectivity index (χ4v) is 3.18. The molecule has 0 aromatic carbocycles. The Hall–Kier alpha value is -1.29. The van der Waals surface area contributed by atoms with Gasteiger partial charge in [-0.3, -0.25) is 0 Å². The summed E-state index contributed by atoms with van der Waals surface area (Å²) in [5.41, 5.74) is 0.267. The first-order valence-corrected chi connectivity index (χ1v) is 7.59. The predicted octanol–water partition coefficient (Wildman–Crippen LogP) is 3.59. The van der Waals surface area contributed by atoms with Crippen LogP contribution in [-0.4, -0.2) is 17.6 Å². The molecular weight excluding hydrogens is 254 g/mol. The summed E-state index contributed by atoms with van der Waals surface area (Å²) in [6.07, 6.45) is 6.66. The summed E-state index contributed by atoms with van der Waals surface area (Å²) < 4.78 is 5.44. The zero-order chi connectivity index (χ0) is 14.5. The summed E-state index contributed by atoms with van der Waals surface area (Å²) >= 11 is 0. The van der Waals surface area contributed by atoms with Crippen LogP contribution in [0.3, 0.4) is 0 Å². The number of carbonyl (C=O) groups is 1. The molecule has 1 aliphatic carbocycles. The minimum Gasteiger partial charge on any atom is -0.478 e. The van der Waals surface area contributed by atoms with Crippen LogP contribution in [0.25, 0.3) is 0 Å². The van der Waals surface area contributed by atoms with Crippen molar-refractivity contribution in [1.29, 1.82) is 0 Å². The molecule has 2 unspecified atom stereocenters. The highest BCUT2D eigenvalue weighted by Crippen LogP contribution is 2.30. The Kier molecular flexibility index (Phi) is 5.24. The average molecular weight is 279 g/mol. The van der Waals surface area contributed by atoms with E-state index in [1.165, 1.54) is 32.1 Å². The van der Waals surface area contributed by atoms with Gasteiger partial charge in [-0.15, -0.1) is 0 Å². The molecule has 0 bridgehead atoms. The summed E-state index contributed by atoms with van der Waals surface area (Å²) in [6, 6.07) is 1.62. The molecule has 20 heavy (non-hydrogen) atoms. The van der Waals surface area contributed by atoms with E-state index in [9.17, 15) is 4.79 Å². The van der Waals surface area contributed by atoms with Gasteiger partial charge in [0.1, 0.15) is 17.1 Å². The molecule has 1 fully saturated rings. The largest absolute Gasteiger partial charge is 0.478 e. The maximum absolute atomic E-state index is 10.9. The van der Waals surface area contributed by atoms with E-state index in [4.69, 9.17) is 9.52 Å². The van der Waals surface area contributed by atoms with Gasteiger partial charge in [0.15, 0.2) is 0 Å². The third-order valence-electron chi connectivity index (χ3n) is 4.27. The fourth-order valence-electron chi connectivity index (χ4n) is 3.18. The van der Waals surface area contributed by atoms with Crippen molar-refractivity contribution in [3.63, 3.8) is 0 Å². The summed E-state index contributed by atoms with van der Waals surface area (Å²) in [7, 11) is 0. The molecule has 0 saturated heterocycles. The van der Waals surface area contributed by atoms with Gasteiger partial charge in [0, 0.05) is 0 Å². The Bertz CT molecular complexity index is 453. The number of rotatable bonds is 6. The molecule has 112 valence electrons. The standard InChI is InChI=1S/C16H25NO3/c1-11-4-3-5-13(8-11)6-7-17-10-14-9-15(16(18)19)12(2)20-14/h9,11,13,17H,3-8,10H2,1-2H3,(H,18,19). The summed E-state index contributed by atoms with van der Waals surface area (Å²) in [6.45, 7) is 5.62. The van der Waals surface area contributed by atoms with Gasteiger partial charge in [0.25, 0.3) is 0 Å². The van der Waals surface area contributed by atoms with Crippen molar-refractivity contribution >= 4 is 5.97 Å². The van der Waals surface area contributed by atoms with Gasteiger partial charge in [-0.05, 0) is 44.2 Å². The molecule has 0 spiro atoms. The minimum atomic E-state index is -0.923. The van der Waals surface area contributed by atoms with Crippen LogP contribution < -0.4 is 5.32 Å². The predicted molar refractivity (Wildman–Crippen MR) is 77.9 cm³/mol. The first kappa shape index (κ1) is 15.1. The third-order valence-corrected chi connectivity index (χ3v) is 4.27. The lowest BCUT2D eigenvalue weighted by molar-refractivity contribution is 0.0695. The first-order chi connectivity index (χ1) is 9.56. The van der Waals surface area contributed by atoms with Gasteiger partial charge in [-0.1, -0.05) is 26.2 Å². The van der Waals surface area contributed by atoms with Crippen molar-refractivity contribution in [2.45, 2.75) is 52.5 Å². The average Bonchev–Trinajstić information content (AvgIpc) is 2.76. The summed E-state index contributed by atoms with van der Waals surface area (Å²) in [5, 5.41) is 12.3. The summed E-state index contributed by atoms with van der Waals surface area (Å²) in [5.74, 6) is 1.99. The minimum absolute atomic E-state index is 0.267. The van der Waals surface area contributed by atoms with Crippen molar-refractivity contribution in [3.8, 4) is 0 Å². The van der Waals surface area contributed by atoms with E-state index in [2.05, 4.69) is 12.2 Å². The second-order valence-corrected chi connectivity index (χ2v) is 6.09. The number of hydrogen-bond donors (Lipinski definition) is 2. The van der Waals surface area contributed by atoms with E-state index in [0.717, 1.165) is 18.4 Å². The molecule has 2 atom stereocenters. The van der Waals surface area contributed by atoms with E-state index >= 15 is 0 Å². The van der Waals surface area contributed by atoms with Gasteiger partial charge in [0.2, 0.25) is 0 Å². The highest BCUT2D eigenvalue weighted by molar-refractivity contribution is 5.88. The van der Waals surface area contributed by atoms with Crippen molar-refractivity contribution in [2.75, 3.05) is 6.54 Å². The second-order valence-electron chi connectivity index (χ2n) is 6.09. The Balaban J connectivity index is 1.70. The molecular formula is C16H25NO3. The van der Waals surface area contributed by atoms with Crippen LogP contribution in [0.1, 0.15) is 60.9 Å². The number of aryl methyl sites for hydroxylation is 1. The van der Waals surface area contributed by atoms with Crippen LogP contribution in [0.5, 0.6) is 0 Å². The molecule has 4 nitrogen and oxygen atoms in total. The monoisotopic (exact) mass is 279 g/mol. The molecule has 1 aliphatic rings. The number of carboxylic acid groups (broad SMARTS) is 1. The third kappa shape index (κ3) is 4.10. The SMILES string of the molecule is Cc1oc(CNCCC2CCCC(C)C2)cc1C(=O)O. The molecule has 1 saturated carbocycles. The summed E-state index contributed by atoms with van der Waals surface area (Å²) in [4.78, 5) is 10.9. The molecule has 0 radical (unpaired) electrons. The Morgan fingerprint density at radius 2 is 2.30 bits per heavy atom. The quantitative estimate of drug-likeness (QED) is 0.781. The second kappa shape index (κ2) is 6.93. The van der Waals surface area contributed by atoms with Gasteiger partial charge >= 0.3 is 5.97 Å². The van der Waals surface area contributed by atoms with Crippen molar-refractivity contribution in [3.05, 3.63) is 23.2 Å². The smallest absolute Gasteiger partial charge is 0.339 e. The van der Waals surface area contributed by atoms with E-state index in [-0.39, 0.29) is 5.56 Å². The van der Waals surface area contributed by atoms with Crippen LogP contribution in [0.15, 0.2) is 10.5 Å². The van der Waals surface area contributed by atoms with Gasteiger partial charge in [-0.25, -0.2) is 4.79 Å². The number of carboxylic acids is 1. The number of nitrogens with one attached hydrogen (secondary N) is 1. The lowest BCUT2D eigenvalue weighted by Gasteiger charge is -2.26. The molecule has 4 heteroatoms. The van der Waals surface area contributed by atoms with Crippen LogP contribution in [-0.2, 0) is 6.54 Å². The van der Waals surface area contributed by atoms with Gasteiger partial charge in [0.05, 0.1) is 6.54 Å². The highest BCUT2D eigenvalue weighted by Gasteiger charge is 2.18. The van der Waals surface area contributed by atoms with Crippen LogP contribution >= 0.6 is 0 Å². The molecule has 2 rings (SSSR count). The molecule has 0 aliphatic heterocycles. The highest BCUT2D eigenvalue weighted by atomic mass is 16.4. The molecule has 0 amide bonds. The first-order valence-electron chi connectivity index (χ1n) is 7.59. The zero-order valence-electron chi connectivity index (χ0n) is 12.4. The lowest BCUT2D eigenvalue weighted by atomic mass is 9.81. The fraction of sp³-hybridized carbons (Fsp3) is 0.688. The molecule has 1 aromatic heterocycles. The zero-order valence-corrected chi connectivity index (χ0v) is 12.4. The molecule has 1 heterocycles. The van der Waals surface area contributed by atoms with E-state index < -0.39 is 5.97 Å². The Morgan fingerprint density at radius 3 is 2.95 bits per heavy atom. The van der Waals surface area contributed by atoms with E-state index in [0.29, 0.717) is 18.1 Å².